The smallest absolute Gasteiger partial charge is 0.293 e. The van der Waals surface area contributed by atoms with E-state index in [0.717, 1.165) is 90.5 Å². The van der Waals surface area contributed by atoms with Crippen LogP contribution in [0.5, 0.6) is 0 Å². The fourth-order valence-electron chi connectivity index (χ4n) is 10.2. The highest BCUT2D eigenvalue weighted by Gasteiger charge is 2.50. The van der Waals surface area contributed by atoms with Crippen LogP contribution in [0.3, 0.4) is 0 Å². The Balaban J connectivity index is 1.04. The summed E-state index contributed by atoms with van der Waals surface area (Å²) in [5.41, 5.74) is 8.47. The molecule has 2 saturated carbocycles. The minimum Gasteiger partial charge on any atom is -0.390 e. The maximum absolute atomic E-state index is 14.2. The Bertz CT molecular complexity index is 2100. The largest absolute Gasteiger partial charge is 0.390 e. The van der Waals surface area contributed by atoms with Gasteiger partial charge in [-0.1, -0.05) is 38.1 Å². The zero-order valence-corrected chi connectivity index (χ0v) is 35.9. The summed E-state index contributed by atoms with van der Waals surface area (Å²) in [6, 6.07) is 18.3. The summed E-state index contributed by atoms with van der Waals surface area (Å²) in [7, 11) is -2.62. The number of hydrogen-bond donors (Lipinski definition) is 3. The highest BCUT2D eigenvalue weighted by Crippen LogP contribution is 2.53. The van der Waals surface area contributed by atoms with Crippen LogP contribution in [0.25, 0.3) is 0 Å². The Kier molecular flexibility index (Phi) is 12.8. The highest BCUT2D eigenvalue weighted by atomic mass is 32.2. The van der Waals surface area contributed by atoms with Crippen LogP contribution in [0.4, 0.5) is 17.1 Å². The minimum atomic E-state index is -4.38. The van der Waals surface area contributed by atoms with Gasteiger partial charge in [-0.05, 0) is 117 Å². The maximum atomic E-state index is 14.2. The lowest BCUT2D eigenvalue weighted by Crippen LogP contribution is -2.60. The molecular formula is C45H62N6O7S. The summed E-state index contributed by atoms with van der Waals surface area (Å²) < 4.78 is 33.9. The first kappa shape index (κ1) is 43.0. The van der Waals surface area contributed by atoms with Crippen LogP contribution < -0.4 is 16.0 Å². The lowest BCUT2D eigenvalue weighted by Gasteiger charge is -2.58. The lowest BCUT2D eigenvalue weighted by atomic mass is 9.59. The number of nitrogens with one attached hydrogen (secondary N) is 1. The summed E-state index contributed by atoms with van der Waals surface area (Å²) in [5, 5.41) is 25.7. The number of rotatable bonds is 14. The second kappa shape index (κ2) is 17.5. The average Bonchev–Trinajstić information content (AvgIpc) is 3.21. The van der Waals surface area contributed by atoms with Crippen molar-refractivity contribution in [3.63, 3.8) is 0 Å². The third-order valence-electron chi connectivity index (χ3n) is 13.8. The monoisotopic (exact) mass is 830 g/mol. The Morgan fingerprint density at radius 3 is 2.39 bits per heavy atom. The molecule has 14 heteroatoms. The molecule has 59 heavy (non-hydrogen) atoms. The third-order valence-corrected chi connectivity index (χ3v) is 15.6. The molecule has 320 valence electrons. The van der Waals surface area contributed by atoms with Crippen LogP contribution in [0.15, 0.2) is 70.5 Å². The Labute approximate surface area is 349 Å². The number of nitro benzene ring substituents is 1. The molecule has 1 spiro atoms. The highest BCUT2D eigenvalue weighted by molar-refractivity contribution is 7.91. The molecule has 2 aliphatic carbocycles. The zero-order chi connectivity index (χ0) is 42.1. The number of anilines is 2. The second-order valence-electron chi connectivity index (χ2n) is 18.2. The molecule has 13 nitrogen and oxygen atoms in total. The van der Waals surface area contributed by atoms with E-state index in [1.165, 1.54) is 35.4 Å². The topological polar surface area (TPSA) is 172 Å². The number of piperazine rings is 1. The van der Waals surface area contributed by atoms with Gasteiger partial charge in [0.15, 0.2) is 0 Å². The maximum Gasteiger partial charge on any atom is 0.293 e. The first-order chi connectivity index (χ1) is 28.1. The first-order valence-corrected chi connectivity index (χ1v) is 22.8. The number of piperidine rings is 1. The normalized spacial score (nSPS) is 24.3. The molecule has 3 aromatic carbocycles. The van der Waals surface area contributed by atoms with Crippen molar-refractivity contribution >= 4 is 32.8 Å². The molecule has 3 aromatic rings. The molecule has 1 amide bonds. The molecule has 2 heterocycles. The number of benzene rings is 3. The van der Waals surface area contributed by atoms with E-state index < -0.39 is 26.3 Å². The molecule has 2 aliphatic heterocycles. The number of primary amides is 1. The van der Waals surface area contributed by atoms with Crippen LogP contribution in [0.1, 0.15) is 106 Å². The van der Waals surface area contributed by atoms with Gasteiger partial charge in [0.05, 0.1) is 32.5 Å². The number of methoxy groups -OCH3 is 1. The minimum absolute atomic E-state index is 0.155. The zero-order valence-electron chi connectivity index (χ0n) is 35.1. The Hall–Kier alpha value is -4.08. The van der Waals surface area contributed by atoms with Crippen molar-refractivity contribution in [3.8, 4) is 0 Å². The molecule has 0 radical (unpaired) electrons. The second-order valence-corrected chi connectivity index (χ2v) is 20.1. The van der Waals surface area contributed by atoms with E-state index in [9.17, 15) is 28.4 Å². The van der Waals surface area contributed by atoms with Gasteiger partial charge in [-0.15, -0.1) is 0 Å². The van der Waals surface area contributed by atoms with Gasteiger partial charge < -0.3 is 25.8 Å². The number of hydrogen-bond acceptors (Lipinski definition) is 11. The number of carbonyl (C=O) groups is 1. The van der Waals surface area contributed by atoms with E-state index in [0.29, 0.717) is 43.1 Å². The number of ether oxygens (including phenoxy) is 1. The van der Waals surface area contributed by atoms with Crippen molar-refractivity contribution in [2.75, 3.05) is 69.7 Å². The van der Waals surface area contributed by atoms with E-state index in [4.69, 9.17) is 10.5 Å². The standard InChI is InChI=1S/C45H62N6O7S/c1-31(2)36-7-5-6-8-37(36)41-30-48(23-24-58-4)21-22-50(41)34-27-45(28-34)17-19-49(20-18-45)33-9-11-38(43(46)52)42(25-33)59(56,57)35-10-12-39(40(26-35)51(54)55)47-29-32-13-15-44(3,53)16-14-32/h5-12,25-26,31-32,34,41,47,53H,13-24,27-30H2,1-4H3,(H2,46,52). The molecule has 4 aliphatic rings. The van der Waals surface area contributed by atoms with Gasteiger partial charge in [-0.3, -0.25) is 24.7 Å². The Morgan fingerprint density at radius 2 is 1.73 bits per heavy atom. The van der Waals surface area contributed by atoms with Gasteiger partial charge in [0.2, 0.25) is 15.7 Å². The Morgan fingerprint density at radius 1 is 1.02 bits per heavy atom. The molecule has 4 N–H and O–H groups in total. The number of nitro groups is 1. The average molecular weight is 831 g/mol. The molecule has 2 saturated heterocycles. The van der Waals surface area contributed by atoms with Gasteiger partial charge in [-0.2, -0.15) is 0 Å². The summed E-state index contributed by atoms with van der Waals surface area (Å²) in [6.07, 6.45) is 7.09. The SMILES string of the molecule is COCCN1CCN(C2CC3(CCN(c4ccc(C(N)=O)c(S(=O)(=O)c5ccc(NCC6CCC(C)(O)CC6)c([N+](=O)[O-])c5)c4)CC3)C2)C(c2ccccc2C(C)C)C1. The van der Waals surface area contributed by atoms with E-state index in [-0.39, 0.29) is 38.1 Å². The van der Waals surface area contributed by atoms with Crippen molar-refractivity contribution in [2.24, 2.45) is 17.1 Å². The fraction of sp³-hybridized carbons (Fsp3) is 0.578. The third kappa shape index (κ3) is 9.31. The number of aliphatic hydroxyl groups is 1. The predicted octanol–water partition coefficient (Wildman–Crippen LogP) is 6.76. The summed E-state index contributed by atoms with van der Waals surface area (Å²) in [6.45, 7) is 13.0. The van der Waals surface area contributed by atoms with Crippen molar-refractivity contribution in [2.45, 2.75) is 106 Å². The molecular weight excluding hydrogens is 769 g/mol. The molecule has 1 unspecified atom stereocenters. The van der Waals surface area contributed by atoms with Crippen LogP contribution in [0.2, 0.25) is 0 Å². The summed E-state index contributed by atoms with van der Waals surface area (Å²) in [4.78, 5) is 31.2. The number of amides is 1. The fourth-order valence-corrected chi connectivity index (χ4v) is 11.7. The first-order valence-electron chi connectivity index (χ1n) is 21.3. The van der Waals surface area contributed by atoms with Gasteiger partial charge >= 0.3 is 0 Å². The van der Waals surface area contributed by atoms with Gasteiger partial charge in [0.25, 0.3) is 5.69 Å². The van der Waals surface area contributed by atoms with Crippen LogP contribution in [0, 0.1) is 21.4 Å². The lowest BCUT2D eigenvalue weighted by molar-refractivity contribution is -0.384. The predicted molar refractivity (Wildman–Crippen MR) is 230 cm³/mol. The van der Waals surface area contributed by atoms with Gasteiger partial charge in [0.1, 0.15) is 5.69 Å². The molecule has 0 aromatic heterocycles. The van der Waals surface area contributed by atoms with Crippen molar-refractivity contribution in [3.05, 3.63) is 87.5 Å². The van der Waals surface area contributed by atoms with Crippen molar-refractivity contribution < 1.29 is 28.0 Å². The quantitative estimate of drug-likeness (QED) is 0.116. The van der Waals surface area contributed by atoms with E-state index in [1.807, 2.05) is 6.92 Å². The van der Waals surface area contributed by atoms with E-state index in [1.54, 1.807) is 13.2 Å². The van der Waals surface area contributed by atoms with Gasteiger partial charge in [0, 0.05) is 76.8 Å². The van der Waals surface area contributed by atoms with Crippen LogP contribution >= 0.6 is 0 Å². The molecule has 7 rings (SSSR count). The number of nitrogens with two attached hydrogens (primary N) is 1. The van der Waals surface area contributed by atoms with Crippen LogP contribution in [-0.4, -0.2) is 105 Å². The van der Waals surface area contributed by atoms with Crippen molar-refractivity contribution in [1.82, 2.24) is 9.80 Å². The molecule has 1 atom stereocenters. The summed E-state index contributed by atoms with van der Waals surface area (Å²) in [5.74, 6) is -0.223. The van der Waals surface area contributed by atoms with Crippen LogP contribution in [-0.2, 0) is 14.6 Å². The van der Waals surface area contributed by atoms with E-state index >= 15 is 0 Å². The van der Waals surface area contributed by atoms with E-state index in [2.05, 4.69) is 58.1 Å². The number of sulfone groups is 1. The number of nitrogens with zero attached hydrogens (tertiary/aromatic N) is 4. The molecule has 4 fully saturated rings. The van der Waals surface area contributed by atoms with Crippen molar-refractivity contribution in [1.29, 1.82) is 0 Å². The number of carbonyl (C=O) groups excluding carboxylic acids is 1. The van der Waals surface area contributed by atoms with Gasteiger partial charge in [-0.25, -0.2) is 8.42 Å². The summed E-state index contributed by atoms with van der Waals surface area (Å²) >= 11 is 0. The molecule has 0 bridgehead atoms.